The highest BCUT2D eigenvalue weighted by Gasteiger charge is 2.09. The Hall–Kier alpha value is -1.66. The van der Waals surface area contributed by atoms with E-state index in [4.69, 9.17) is 5.26 Å². The fourth-order valence-corrected chi connectivity index (χ4v) is 1.95. The number of rotatable bonds is 8. The first-order valence-electron chi connectivity index (χ1n) is 5.89. The van der Waals surface area contributed by atoms with Crippen LogP contribution < -0.4 is 10.6 Å². The zero-order chi connectivity index (χ0) is 14.1. The van der Waals surface area contributed by atoms with Gasteiger partial charge in [-0.1, -0.05) is 25.6 Å². The number of nitriles is 1. The summed E-state index contributed by atoms with van der Waals surface area (Å²) in [5, 5.41) is 26.0. The van der Waals surface area contributed by atoms with E-state index in [2.05, 4.69) is 40.0 Å². The third-order valence-corrected chi connectivity index (χ3v) is 3.03. The summed E-state index contributed by atoms with van der Waals surface area (Å²) in [4.78, 5) is 11.3. The van der Waals surface area contributed by atoms with Gasteiger partial charge in [-0.15, -0.1) is 5.10 Å². The van der Waals surface area contributed by atoms with Gasteiger partial charge in [0, 0.05) is 12.6 Å². The fraction of sp³-hybridized carbons (Fsp3) is 0.700. The van der Waals surface area contributed by atoms with Gasteiger partial charge in [0.15, 0.2) is 0 Å². The molecule has 0 fully saturated rings. The lowest BCUT2D eigenvalue weighted by molar-refractivity contribution is -0.118. The summed E-state index contributed by atoms with van der Waals surface area (Å²) in [5.74, 6) is -0.0129. The van der Waals surface area contributed by atoms with E-state index >= 15 is 0 Å². The summed E-state index contributed by atoms with van der Waals surface area (Å²) in [5.41, 5.74) is 0. The smallest absolute Gasteiger partial charge is 0.231 e. The van der Waals surface area contributed by atoms with E-state index < -0.39 is 0 Å². The van der Waals surface area contributed by atoms with Crippen LogP contribution in [0.2, 0.25) is 0 Å². The van der Waals surface area contributed by atoms with Gasteiger partial charge >= 0.3 is 0 Å². The van der Waals surface area contributed by atoms with Crippen molar-refractivity contribution in [1.82, 2.24) is 30.8 Å². The molecule has 0 unspecified atom stereocenters. The van der Waals surface area contributed by atoms with E-state index in [1.807, 2.05) is 6.07 Å². The molecule has 0 atom stereocenters. The van der Waals surface area contributed by atoms with Gasteiger partial charge < -0.3 is 10.6 Å². The number of hydrogen-bond donors (Lipinski definition) is 2. The molecule has 0 aliphatic rings. The summed E-state index contributed by atoms with van der Waals surface area (Å²) < 4.78 is 1.65. The summed E-state index contributed by atoms with van der Waals surface area (Å²) in [6.45, 7) is 5.55. The lowest BCUT2D eigenvalue weighted by atomic mass is 10.4. The number of thioether (sulfide) groups is 1. The minimum atomic E-state index is -0.207. The van der Waals surface area contributed by atoms with Crippen LogP contribution in [0.5, 0.6) is 0 Å². The van der Waals surface area contributed by atoms with Gasteiger partial charge in [-0.3, -0.25) is 4.79 Å². The molecule has 0 aliphatic carbocycles. The van der Waals surface area contributed by atoms with Gasteiger partial charge in [0.1, 0.15) is 6.54 Å². The van der Waals surface area contributed by atoms with Crippen molar-refractivity contribution in [2.24, 2.45) is 0 Å². The summed E-state index contributed by atoms with van der Waals surface area (Å²) in [6.07, 6.45) is 0. The van der Waals surface area contributed by atoms with Crippen molar-refractivity contribution in [2.45, 2.75) is 31.6 Å². The van der Waals surface area contributed by atoms with Crippen LogP contribution in [0.4, 0.5) is 0 Å². The molecule has 0 bridgehead atoms. The Balaban J connectivity index is 2.36. The normalized spacial score (nSPS) is 10.4. The van der Waals surface area contributed by atoms with Crippen LogP contribution in [0.3, 0.4) is 0 Å². The zero-order valence-electron chi connectivity index (χ0n) is 11.0. The lowest BCUT2D eigenvalue weighted by Gasteiger charge is -2.08. The lowest BCUT2D eigenvalue weighted by Crippen LogP contribution is -2.27. The van der Waals surface area contributed by atoms with Crippen molar-refractivity contribution < 1.29 is 4.79 Å². The SMILES string of the molecule is CC(C)NCCn1nnnc1SCC(=O)NCC#N. The second kappa shape index (κ2) is 8.44. The number of aromatic nitrogens is 4. The van der Waals surface area contributed by atoms with E-state index in [-0.39, 0.29) is 18.2 Å². The van der Waals surface area contributed by atoms with Crippen LogP contribution in [-0.4, -0.2) is 51.0 Å². The van der Waals surface area contributed by atoms with E-state index in [9.17, 15) is 4.79 Å². The molecule has 0 aromatic carbocycles. The summed E-state index contributed by atoms with van der Waals surface area (Å²) in [6, 6.07) is 2.25. The number of nitrogens with one attached hydrogen (secondary N) is 2. The molecule has 1 heterocycles. The molecule has 1 aromatic rings. The molecule has 1 rings (SSSR count). The molecule has 0 aliphatic heterocycles. The van der Waals surface area contributed by atoms with Gasteiger partial charge in [-0.2, -0.15) is 5.26 Å². The van der Waals surface area contributed by atoms with Crippen LogP contribution >= 0.6 is 11.8 Å². The molecule has 8 nitrogen and oxygen atoms in total. The van der Waals surface area contributed by atoms with Crippen molar-refractivity contribution in [3.05, 3.63) is 0 Å². The maximum Gasteiger partial charge on any atom is 0.231 e. The third kappa shape index (κ3) is 6.17. The van der Waals surface area contributed by atoms with Crippen LogP contribution in [0.25, 0.3) is 0 Å². The standard InChI is InChI=1S/C10H17N7OS/c1-8(2)12-5-6-17-10(14-15-16-17)19-7-9(18)13-4-3-11/h8,12H,4-7H2,1-2H3,(H,13,18). The van der Waals surface area contributed by atoms with Crippen molar-refractivity contribution >= 4 is 17.7 Å². The first-order valence-corrected chi connectivity index (χ1v) is 6.88. The van der Waals surface area contributed by atoms with Crippen molar-refractivity contribution in [3.8, 4) is 6.07 Å². The minimum Gasteiger partial charge on any atom is -0.342 e. The highest BCUT2D eigenvalue weighted by Crippen LogP contribution is 2.12. The average molecular weight is 283 g/mol. The molecule has 1 amide bonds. The predicted molar refractivity (Wildman–Crippen MR) is 70.3 cm³/mol. The summed E-state index contributed by atoms with van der Waals surface area (Å²) >= 11 is 1.25. The van der Waals surface area contributed by atoms with Crippen molar-refractivity contribution in [1.29, 1.82) is 5.26 Å². The predicted octanol–water partition coefficient (Wildman–Crippen LogP) is -0.597. The number of carbonyl (C=O) groups is 1. The molecule has 9 heteroatoms. The Morgan fingerprint density at radius 3 is 3.05 bits per heavy atom. The molecule has 0 saturated carbocycles. The molecular weight excluding hydrogens is 266 g/mol. The monoisotopic (exact) mass is 283 g/mol. The van der Waals surface area contributed by atoms with Gasteiger partial charge in [0.25, 0.3) is 0 Å². The third-order valence-electron chi connectivity index (χ3n) is 2.07. The first kappa shape index (κ1) is 15.4. The summed E-state index contributed by atoms with van der Waals surface area (Å²) in [7, 11) is 0. The fourth-order valence-electron chi connectivity index (χ4n) is 1.22. The Kier molecular flexibility index (Phi) is 6.84. The topological polar surface area (TPSA) is 109 Å². The Bertz CT molecular complexity index is 439. The maximum atomic E-state index is 11.3. The van der Waals surface area contributed by atoms with Crippen LogP contribution in [-0.2, 0) is 11.3 Å². The van der Waals surface area contributed by atoms with Crippen LogP contribution in [0.15, 0.2) is 5.16 Å². The Morgan fingerprint density at radius 1 is 1.58 bits per heavy atom. The Morgan fingerprint density at radius 2 is 2.37 bits per heavy atom. The first-order chi connectivity index (χ1) is 9.13. The second-order valence-electron chi connectivity index (χ2n) is 4.02. The van der Waals surface area contributed by atoms with E-state index in [0.717, 1.165) is 6.54 Å². The molecular formula is C10H17N7OS. The second-order valence-corrected chi connectivity index (χ2v) is 4.96. The quantitative estimate of drug-likeness (QED) is 0.484. The number of hydrogen-bond acceptors (Lipinski definition) is 7. The van der Waals surface area contributed by atoms with Gasteiger partial charge in [-0.25, -0.2) is 4.68 Å². The Labute approximate surface area is 115 Å². The van der Waals surface area contributed by atoms with Crippen LogP contribution in [0, 0.1) is 11.3 Å². The van der Waals surface area contributed by atoms with E-state index in [0.29, 0.717) is 17.7 Å². The highest BCUT2D eigenvalue weighted by atomic mass is 32.2. The molecule has 0 spiro atoms. The van der Waals surface area contributed by atoms with Crippen molar-refractivity contribution in [2.75, 3.05) is 18.8 Å². The van der Waals surface area contributed by atoms with E-state index in [1.54, 1.807) is 4.68 Å². The highest BCUT2D eigenvalue weighted by molar-refractivity contribution is 7.99. The zero-order valence-corrected chi connectivity index (χ0v) is 11.8. The van der Waals surface area contributed by atoms with Gasteiger partial charge in [0.2, 0.25) is 11.1 Å². The minimum absolute atomic E-state index is 0.0165. The molecule has 1 aromatic heterocycles. The average Bonchev–Trinajstić information content (AvgIpc) is 2.81. The molecule has 0 saturated heterocycles. The number of amides is 1. The molecule has 19 heavy (non-hydrogen) atoms. The van der Waals surface area contributed by atoms with Crippen molar-refractivity contribution in [3.63, 3.8) is 0 Å². The van der Waals surface area contributed by atoms with Gasteiger partial charge in [0.05, 0.1) is 18.4 Å². The largest absolute Gasteiger partial charge is 0.342 e. The molecule has 2 N–H and O–H groups in total. The van der Waals surface area contributed by atoms with Crippen LogP contribution in [0.1, 0.15) is 13.8 Å². The molecule has 0 radical (unpaired) electrons. The van der Waals surface area contributed by atoms with E-state index in [1.165, 1.54) is 11.8 Å². The number of carbonyl (C=O) groups excluding carboxylic acids is 1. The van der Waals surface area contributed by atoms with Gasteiger partial charge in [-0.05, 0) is 10.4 Å². The number of tetrazole rings is 1. The number of nitrogens with zero attached hydrogens (tertiary/aromatic N) is 5. The molecule has 104 valence electrons. The maximum absolute atomic E-state index is 11.3.